The lowest BCUT2D eigenvalue weighted by atomic mass is 10.0. The highest BCUT2D eigenvalue weighted by Gasteiger charge is 2.25. The molecular weight excluding hydrogens is 232 g/mol. The Morgan fingerprint density at radius 1 is 1.50 bits per heavy atom. The van der Waals surface area contributed by atoms with Crippen LogP contribution in [0.1, 0.15) is 37.6 Å². The number of rotatable bonds is 3. The molecule has 0 fully saturated rings. The third-order valence-electron chi connectivity index (χ3n) is 3.36. The van der Waals surface area contributed by atoms with Gasteiger partial charge >= 0.3 is 5.97 Å². The Hall–Kier alpha value is -2.11. The van der Waals surface area contributed by atoms with E-state index >= 15 is 0 Å². The number of fused-ring (bicyclic) bond motifs is 1. The Labute approximate surface area is 104 Å². The molecule has 18 heavy (non-hydrogen) atoms. The Morgan fingerprint density at radius 2 is 2.17 bits per heavy atom. The van der Waals surface area contributed by atoms with Crippen LogP contribution in [0.15, 0.2) is 12.5 Å². The van der Waals surface area contributed by atoms with Gasteiger partial charge in [0.05, 0.1) is 10.9 Å². The van der Waals surface area contributed by atoms with Crippen LogP contribution in [-0.2, 0) is 5.54 Å². The number of nitrogen functional groups attached to an aromatic ring is 1. The summed E-state index contributed by atoms with van der Waals surface area (Å²) in [5.74, 6) is -0.824. The Balaban J connectivity index is 2.86. The molecule has 0 atom stereocenters. The summed E-state index contributed by atoms with van der Waals surface area (Å²) in [7, 11) is 0. The summed E-state index contributed by atoms with van der Waals surface area (Å²) in [5.41, 5.74) is 6.24. The molecule has 0 radical (unpaired) electrons. The Bertz CT molecular complexity index is 616. The van der Waals surface area contributed by atoms with Gasteiger partial charge in [-0.3, -0.25) is 0 Å². The fraction of sp³-hybridized carbons (Fsp3) is 0.417. The van der Waals surface area contributed by atoms with Crippen molar-refractivity contribution in [1.29, 1.82) is 0 Å². The van der Waals surface area contributed by atoms with Gasteiger partial charge in [-0.05, 0) is 20.3 Å². The number of aromatic nitrogens is 3. The van der Waals surface area contributed by atoms with Crippen LogP contribution in [0.25, 0.3) is 11.0 Å². The van der Waals surface area contributed by atoms with E-state index in [1.165, 1.54) is 6.33 Å². The van der Waals surface area contributed by atoms with Gasteiger partial charge in [0.1, 0.15) is 17.8 Å². The molecule has 0 aromatic carbocycles. The quantitative estimate of drug-likeness (QED) is 0.864. The number of aromatic carboxylic acids is 1. The zero-order valence-corrected chi connectivity index (χ0v) is 10.6. The molecule has 0 aliphatic rings. The maximum Gasteiger partial charge on any atom is 0.338 e. The second-order valence-electron chi connectivity index (χ2n) is 4.84. The van der Waals surface area contributed by atoms with Crippen LogP contribution in [0.3, 0.4) is 0 Å². The number of carboxylic acids is 1. The normalized spacial score (nSPS) is 11.9. The first-order valence-electron chi connectivity index (χ1n) is 5.73. The molecule has 6 heteroatoms. The largest absolute Gasteiger partial charge is 0.478 e. The zero-order chi connectivity index (χ0) is 13.5. The van der Waals surface area contributed by atoms with Crippen molar-refractivity contribution >= 4 is 22.8 Å². The smallest absolute Gasteiger partial charge is 0.338 e. The van der Waals surface area contributed by atoms with Crippen molar-refractivity contribution in [2.24, 2.45) is 0 Å². The molecule has 2 heterocycles. The fourth-order valence-electron chi connectivity index (χ4n) is 1.88. The third kappa shape index (κ3) is 1.70. The Morgan fingerprint density at radius 3 is 2.72 bits per heavy atom. The molecule has 0 spiro atoms. The lowest BCUT2D eigenvalue weighted by Crippen LogP contribution is -2.24. The second kappa shape index (κ2) is 3.97. The SMILES string of the molecule is CCC(C)(C)n1cc(C(=O)O)c2c(N)ncnc21. The van der Waals surface area contributed by atoms with Crippen LogP contribution in [0.4, 0.5) is 5.82 Å². The van der Waals surface area contributed by atoms with Crippen LogP contribution in [0.2, 0.25) is 0 Å². The molecule has 0 amide bonds. The predicted octanol–water partition coefficient (Wildman–Crippen LogP) is 1.86. The van der Waals surface area contributed by atoms with E-state index in [0.29, 0.717) is 11.0 Å². The van der Waals surface area contributed by atoms with E-state index < -0.39 is 5.97 Å². The van der Waals surface area contributed by atoms with E-state index in [9.17, 15) is 9.90 Å². The molecule has 0 aliphatic heterocycles. The summed E-state index contributed by atoms with van der Waals surface area (Å²) in [6.45, 7) is 6.09. The molecule has 0 unspecified atom stereocenters. The molecule has 2 aromatic heterocycles. The number of hydrogen-bond donors (Lipinski definition) is 2. The highest BCUT2D eigenvalue weighted by Crippen LogP contribution is 2.30. The van der Waals surface area contributed by atoms with E-state index in [1.807, 2.05) is 25.3 Å². The summed E-state index contributed by atoms with van der Waals surface area (Å²) in [5, 5.41) is 9.64. The molecule has 0 aliphatic carbocycles. The number of nitrogens with two attached hydrogens (primary N) is 1. The predicted molar refractivity (Wildman–Crippen MR) is 68.5 cm³/mol. The monoisotopic (exact) mass is 248 g/mol. The van der Waals surface area contributed by atoms with Gasteiger partial charge in [0.25, 0.3) is 0 Å². The van der Waals surface area contributed by atoms with Gasteiger partial charge in [0.15, 0.2) is 0 Å². The van der Waals surface area contributed by atoms with E-state index in [2.05, 4.69) is 9.97 Å². The van der Waals surface area contributed by atoms with E-state index in [0.717, 1.165) is 6.42 Å². The van der Waals surface area contributed by atoms with Crippen molar-refractivity contribution in [2.45, 2.75) is 32.7 Å². The number of anilines is 1. The summed E-state index contributed by atoms with van der Waals surface area (Å²) >= 11 is 0. The molecule has 0 bridgehead atoms. The molecule has 0 saturated carbocycles. The highest BCUT2D eigenvalue weighted by atomic mass is 16.4. The second-order valence-corrected chi connectivity index (χ2v) is 4.84. The van der Waals surface area contributed by atoms with Crippen LogP contribution in [0.5, 0.6) is 0 Å². The van der Waals surface area contributed by atoms with Crippen molar-refractivity contribution in [3.05, 3.63) is 18.1 Å². The standard InChI is InChI=1S/C12H16N4O2/c1-4-12(2,3)16-5-7(11(17)18)8-9(13)14-6-15-10(8)16/h5-6H,4H2,1-3H3,(H,17,18)(H2,13,14,15). The van der Waals surface area contributed by atoms with Crippen molar-refractivity contribution in [3.8, 4) is 0 Å². The molecule has 96 valence electrons. The first-order valence-corrected chi connectivity index (χ1v) is 5.73. The van der Waals surface area contributed by atoms with Gasteiger partial charge in [0, 0.05) is 11.7 Å². The maximum absolute atomic E-state index is 11.3. The van der Waals surface area contributed by atoms with Gasteiger partial charge in [-0.1, -0.05) is 6.92 Å². The summed E-state index contributed by atoms with van der Waals surface area (Å²) in [6, 6.07) is 0. The van der Waals surface area contributed by atoms with E-state index in [-0.39, 0.29) is 16.9 Å². The number of carboxylic acid groups (broad SMARTS) is 1. The maximum atomic E-state index is 11.3. The molecule has 2 aromatic rings. The summed E-state index contributed by atoms with van der Waals surface area (Å²) < 4.78 is 1.85. The molecule has 3 N–H and O–H groups in total. The van der Waals surface area contributed by atoms with Gasteiger partial charge < -0.3 is 15.4 Å². The first kappa shape index (κ1) is 12.3. The molecule has 6 nitrogen and oxygen atoms in total. The van der Waals surface area contributed by atoms with Gasteiger partial charge in [-0.2, -0.15) is 0 Å². The average Bonchev–Trinajstić information content (AvgIpc) is 2.70. The highest BCUT2D eigenvalue weighted by molar-refractivity contribution is 6.06. The first-order chi connectivity index (χ1) is 8.38. The Kier molecular flexibility index (Phi) is 2.73. The molecule has 0 saturated heterocycles. The van der Waals surface area contributed by atoms with Gasteiger partial charge in [-0.15, -0.1) is 0 Å². The van der Waals surface area contributed by atoms with Crippen molar-refractivity contribution in [2.75, 3.05) is 5.73 Å². The number of nitrogens with zero attached hydrogens (tertiary/aromatic N) is 3. The van der Waals surface area contributed by atoms with Crippen molar-refractivity contribution in [1.82, 2.24) is 14.5 Å². The summed E-state index contributed by atoms with van der Waals surface area (Å²) in [6.07, 6.45) is 3.78. The topological polar surface area (TPSA) is 94.0 Å². The van der Waals surface area contributed by atoms with Gasteiger partial charge in [-0.25, -0.2) is 14.8 Å². The van der Waals surface area contributed by atoms with Crippen molar-refractivity contribution < 1.29 is 9.90 Å². The van der Waals surface area contributed by atoms with Crippen LogP contribution >= 0.6 is 0 Å². The fourth-order valence-corrected chi connectivity index (χ4v) is 1.88. The lowest BCUT2D eigenvalue weighted by molar-refractivity contribution is 0.0698. The lowest BCUT2D eigenvalue weighted by Gasteiger charge is -2.25. The minimum Gasteiger partial charge on any atom is -0.478 e. The third-order valence-corrected chi connectivity index (χ3v) is 3.36. The average molecular weight is 248 g/mol. The van der Waals surface area contributed by atoms with Crippen molar-refractivity contribution in [3.63, 3.8) is 0 Å². The number of hydrogen-bond acceptors (Lipinski definition) is 4. The van der Waals surface area contributed by atoms with E-state index in [1.54, 1.807) is 6.20 Å². The molecule has 2 rings (SSSR count). The van der Waals surface area contributed by atoms with Crippen LogP contribution in [-0.4, -0.2) is 25.6 Å². The van der Waals surface area contributed by atoms with Crippen LogP contribution < -0.4 is 5.73 Å². The van der Waals surface area contributed by atoms with Crippen LogP contribution in [0, 0.1) is 0 Å². The minimum absolute atomic E-state index is 0.143. The zero-order valence-electron chi connectivity index (χ0n) is 10.6. The summed E-state index contributed by atoms with van der Waals surface area (Å²) in [4.78, 5) is 19.3. The molecular formula is C12H16N4O2. The minimum atomic E-state index is -1.02. The number of carbonyl (C=O) groups is 1. The van der Waals surface area contributed by atoms with E-state index in [4.69, 9.17) is 5.73 Å². The van der Waals surface area contributed by atoms with Gasteiger partial charge in [0.2, 0.25) is 0 Å².